The smallest absolute Gasteiger partial charge is 0.272 e. The van der Waals surface area contributed by atoms with Gasteiger partial charge in [-0.15, -0.1) is 11.3 Å². The van der Waals surface area contributed by atoms with Gasteiger partial charge in [0.2, 0.25) is 11.8 Å². The minimum absolute atomic E-state index is 0.0359. The Morgan fingerprint density at radius 1 is 1.18 bits per heavy atom. The highest BCUT2D eigenvalue weighted by Gasteiger charge is 2.15. The van der Waals surface area contributed by atoms with Crippen LogP contribution in [0.2, 0.25) is 0 Å². The van der Waals surface area contributed by atoms with Crippen LogP contribution in [0.3, 0.4) is 0 Å². The molecule has 3 rings (SSSR count). The summed E-state index contributed by atoms with van der Waals surface area (Å²) in [7, 11) is 0. The van der Waals surface area contributed by atoms with Crippen molar-refractivity contribution in [3.63, 3.8) is 0 Å². The van der Waals surface area contributed by atoms with E-state index in [1.807, 2.05) is 55.6 Å². The molecule has 0 aliphatic heterocycles. The van der Waals surface area contributed by atoms with Gasteiger partial charge in [0.1, 0.15) is 4.70 Å². The molecule has 0 saturated heterocycles. The van der Waals surface area contributed by atoms with Crippen molar-refractivity contribution in [2.75, 3.05) is 12.3 Å². The van der Waals surface area contributed by atoms with Gasteiger partial charge in [-0.05, 0) is 43.2 Å². The summed E-state index contributed by atoms with van der Waals surface area (Å²) in [5, 5.41) is 8.22. The predicted octanol–water partition coefficient (Wildman–Crippen LogP) is 3.60. The molecule has 33 heavy (non-hydrogen) atoms. The van der Waals surface area contributed by atoms with E-state index in [4.69, 9.17) is 0 Å². The zero-order valence-electron chi connectivity index (χ0n) is 19.0. The van der Waals surface area contributed by atoms with Crippen LogP contribution >= 0.6 is 23.1 Å². The second kappa shape index (κ2) is 12.6. The Labute approximate surface area is 202 Å². The maximum atomic E-state index is 13.0. The second-order valence-electron chi connectivity index (χ2n) is 7.84. The lowest BCUT2D eigenvalue weighted by atomic mass is 10.1. The van der Waals surface area contributed by atoms with Gasteiger partial charge in [-0.1, -0.05) is 49.0 Å². The predicted molar refractivity (Wildman–Crippen MR) is 135 cm³/mol. The molecule has 2 aromatic heterocycles. The van der Waals surface area contributed by atoms with E-state index >= 15 is 0 Å². The van der Waals surface area contributed by atoms with E-state index in [1.54, 1.807) is 4.57 Å². The molecule has 0 bridgehead atoms. The Kier molecular flexibility index (Phi) is 9.50. The lowest BCUT2D eigenvalue weighted by Gasteiger charge is -2.13. The molecule has 0 saturated carbocycles. The summed E-state index contributed by atoms with van der Waals surface area (Å²) in [4.78, 5) is 42.1. The van der Waals surface area contributed by atoms with Crippen LogP contribution in [0.15, 0.2) is 51.7 Å². The first-order chi connectivity index (χ1) is 16.0. The van der Waals surface area contributed by atoms with E-state index in [0.717, 1.165) is 12.8 Å². The molecule has 176 valence electrons. The number of thiophene rings is 1. The third-order valence-corrected chi connectivity index (χ3v) is 7.12. The minimum atomic E-state index is -0.121. The van der Waals surface area contributed by atoms with E-state index in [0.29, 0.717) is 41.3 Å². The van der Waals surface area contributed by atoms with Crippen molar-refractivity contribution in [3.05, 3.63) is 57.7 Å². The molecule has 9 heteroatoms. The highest BCUT2D eigenvalue weighted by molar-refractivity contribution is 7.99. The van der Waals surface area contributed by atoms with Crippen molar-refractivity contribution in [3.8, 4) is 0 Å². The highest BCUT2D eigenvalue weighted by atomic mass is 32.2. The molecule has 0 radical (unpaired) electrons. The first-order valence-corrected chi connectivity index (χ1v) is 13.0. The van der Waals surface area contributed by atoms with Gasteiger partial charge in [-0.3, -0.25) is 19.0 Å². The summed E-state index contributed by atoms with van der Waals surface area (Å²) in [6.45, 7) is 4.93. The SMILES string of the molecule is CCC(C)NC(=O)CSc1nc2ccsc2c(=O)n1CCCC(=O)NCCc1ccccc1. The van der Waals surface area contributed by atoms with Crippen molar-refractivity contribution >= 4 is 45.1 Å². The number of rotatable bonds is 12. The van der Waals surface area contributed by atoms with E-state index in [-0.39, 0.29) is 29.2 Å². The zero-order chi connectivity index (χ0) is 23.6. The molecule has 3 aromatic rings. The molecule has 1 atom stereocenters. The fraction of sp³-hybridized carbons (Fsp3) is 0.417. The van der Waals surface area contributed by atoms with Crippen molar-refractivity contribution in [2.45, 2.75) is 57.3 Å². The Hall–Kier alpha value is -2.65. The number of carbonyl (C=O) groups is 2. The Bertz CT molecular complexity index is 1130. The fourth-order valence-corrected chi connectivity index (χ4v) is 4.87. The number of fused-ring (bicyclic) bond motifs is 1. The Balaban J connectivity index is 1.57. The molecule has 1 aromatic carbocycles. The van der Waals surface area contributed by atoms with E-state index in [2.05, 4.69) is 15.6 Å². The normalized spacial score (nSPS) is 11.9. The summed E-state index contributed by atoms with van der Waals surface area (Å²) in [6.07, 6.45) is 2.47. The molecule has 0 spiro atoms. The second-order valence-corrected chi connectivity index (χ2v) is 9.70. The monoisotopic (exact) mass is 486 g/mol. The van der Waals surface area contributed by atoms with Crippen molar-refractivity contribution in [2.24, 2.45) is 0 Å². The van der Waals surface area contributed by atoms with Gasteiger partial charge in [-0.2, -0.15) is 0 Å². The third-order valence-electron chi connectivity index (χ3n) is 5.25. The summed E-state index contributed by atoms with van der Waals surface area (Å²) >= 11 is 2.61. The van der Waals surface area contributed by atoms with Crippen LogP contribution in [-0.4, -0.2) is 39.7 Å². The number of aromatic nitrogens is 2. The van der Waals surface area contributed by atoms with Crippen LogP contribution < -0.4 is 16.2 Å². The van der Waals surface area contributed by atoms with Crippen molar-refractivity contribution < 1.29 is 9.59 Å². The van der Waals surface area contributed by atoms with Crippen molar-refractivity contribution in [1.82, 2.24) is 20.2 Å². The third kappa shape index (κ3) is 7.43. The van der Waals surface area contributed by atoms with Gasteiger partial charge in [0.25, 0.3) is 5.56 Å². The van der Waals surface area contributed by atoms with Crippen LogP contribution in [-0.2, 0) is 22.6 Å². The topological polar surface area (TPSA) is 93.1 Å². The van der Waals surface area contributed by atoms with E-state index in [1.165, 1.54) is 28.7 Å². The maximum absolute atomic E-state index is 13.0. The Morgan fingerprint density at radius 3 is 2.73 bits per heavy atom. The number of thioether (sulfide) groups is 1. The first-order valence-electron chi connectivity index (χ1n) is 11.2. The molecule has 2 heterocycles. The molecule has 0 aliphatic rings. The quantitative estimate of drug-likeness (QED) is 0.301. The summed E-state index contributed by atoms with van der Waals surface area (Å²) in [6, 6.07) is 11.9. The van der Waals surface area contributed by atoms with Crippen LogP contribution in [0.25, 0.3) is 10.2 Å². The first kappa shape index (κ1) is 25.0. The number of hydrogen-bond acceptors (Lipinski definition) is 6. The lowest BCUT2D eigenvalue weighted by Crippen LogP contribution is -2.33. The van der Waals surface area contributed by atoms with Gasteiger partial charge in [0, 0.05) is 25.6 Å². The maximum Gasteiger partial charge on any atom is 0.272 e. The molecule has 0 aliphatic carbocycles. The molecule has 0 fully saturated rings. The average Bonchev–Trinajstić information content (AvgIpc) is 3.29. The standard InChI is InChI=1S/C24H30N4O3S2/c1-3-17(2)26-21(30)16-33-24-27-19-12-15-32-22(19)23(31)28(24)14-7-10-20(29)25-13-11-18-8-5-4-6-9-18/h4-6,8-9,12,15,17H,3,7,10-11,13-14,16H2,1-2H3,(H,25,29)(H,26,30). The number of hydrogen-bond donors (Lipinski definition) is 2. The fourth-order valence-electron chi connectivity index (χ4n) is 3.26. The summed E-state index contributed by atoms with van der Waals surface area (Å²) in [5.74, 6) is 0.0662. The number of benzene rings is 1. The van der Waals surface area contributed by atoms with Gasteiger partial charge < -0.3 is 10.6 Å². The van der Waals surface area contributed by atoms with Gasteiger partial charge >= 0.3 is 0 Å². The van der Waals surface area contributed by atoms with Crippen LogP contribution in [0.1, 0.15) is 38.7 Å². The molecule has 7 nitrogen and oxygen atoms in total. The largest absolute Gasteiger partial charge is 0.356 e. The number of nitrogens with zero attached hydrogens (tertiary/aromatic N) is 2. The number of carbonyl (C=O) groups excluding carboxylic acids is 2. The average molecular weight is 487 g/mol. The number of amides is 2. The van der Waals surface area contributed by atoms with Crippen LogP contribution in [0.5, 0.6) is 0 Å². The van der Waals surface area contributed by atoms with Gasteiger partial charge in [-0.25, -0.2) is 4.98 Å². The van der Waals surface area contributed by atoms with Crippen LogP contribution in [0, 0.1) is 0 Å². The molecular formula is C24H30N4O3S2. The highest BCUT2D eigenvalue weighted by Crippen LogP contribution is 2.21. The summed E-state index contributed by atoms with van der Waals surface area (Å²) < 4.78 is 2.19. The molecule has 2 N–H and O–H groups in total. The minimum Gasteiger partial charge on any atom is -0.356 e. The van der Waals surface area contributed by atoms with Gasteiger partial charge in [0.15, 0.2) is 5.16 Å². The van der Waals surface area contributed by atoms with E-state index in [9.17, 15) is 14.4 Å². The molecule has 2 amide bonds. The van der Waals surface area contributed by atoms with E-state index < -0.39 is 0 Å². The molecule has 1 unspecified atom stereocenters. The van der Waals surface area contributed by atoms with Crippen LogP contribution in [0.4, 0.5) is 0 Å². The zero-order valence-corrected chi connectivity index (χ0v) is 20.6. The summed E-state index contributed by atoms with van der Waals surface area (Å²) in [5.41, 5.74) is 1.70. The lowest BCUT2D eigenvalue weighted by molar-refractivity contribution is -0.121. The Morgan fingerprint density at radius 2 is 1.97 bits per heavy atom. The van der Waals surface area contributed by atoms with Gasteiger partial charge in [0.05, 0.1) is 11.3 Å². The number of nitrogens with one attached hydrogen (secondary N) is 2. The van der Waals surface area contributed by atoms with Crippen molar-refractivity contribution in [1.29, 1.82) is 0 Å². The molecular weight excluding hydrogens is 456 g/mol.